The molecule has 1 aliphatic heterocycles. The number of hydrogen-bond donors (Lipinski definition) is 2. The van der Waals surface area contributed by atoms with Gasteiger partial charge in [0.1, 0.15) is 0 Å². The van der Waals surface area contributed by atoms with E-state index in [1.165, 1.54) is 0 Å². The van der Waals surface area contributed by atoms with Crippen LogP contribution in [0, 0.1) is 19.8 Å². The number of sulfonamides is 1. The normalized spacial score (nSPS) is 17.3. The number of nitrogens with one attached hydrogen (secondary N) is 2. The lowest BCUT2D eigenvalue weighted by atomic mass is 9.95. The van der Waals surface area contributed by atoms with Crippen LogP contribution in [0.5, 0.6) is 0 Å². The fourth-order valence-corrected chi connectivity index (χ4v) is 3.66. The molecule has 0 saturated carbocycles. The lowest BCUT2D eigenvalue weighted by molar-refractivity contribution is 0.354. The van der Waals surface area contributed by atoms with E-state index in [0.29, 0.717) is 17.4 Å². The Hall–Kier alpha value is -0.910. The van der Waals surface area contributed by atoms with Gasteiger partial charge in [-0.15, -0.1) is 0 Å². The molecule has 1 aromatic rings. The van der Waals surface area contributed by atoms with Crippen molar-refractivity contribution in [2.75, 3.05) is 19.6 Å². The van der Waals surface area contributed by atoms with E-state index in [1.54, 1.807) is 12.1 Å². The summed E-state index contributed by atoms with van der Waals surface area (Å²) in [5.74, 6) is 0.638. The van der Waals surface area contributed by atoms with Crippen LogP contribution < -0.4 is 10.0 Å². The highest BCUT2D eigenvalue weighted by Gasteiger charge is 2.17. The van der Waals surface area contributed by atoms with Gasteiger partial charge in [0.2, 0.25) is 10.0 Å². The number of benzene rings is 1. The van der Waals surface area contributed by atoms with Crippen molar-refractivity contribution in [1.82, 2.24) is 10.0 Å². The molecule has 0 radical (unpaired) electrons. The summed E-state index contributed by atoms with van der Waals surface area (Å²) in [6.07, 6.45) is 3.21. The predicted octanol–water partition coefficient (Wildman–Crippen LogP) is 1.97. The van der Waals surface area contributed by atoms with Crippen molar-refractivity contribution in [1.29, 1.82) is 0 Å². The zero-order valence-corrected chi connectivity index (χ0v) is 13.1. The molecule has 0 spiro atoms. The molecule has 0 aliphatic carbocycles. The van der Waals surface area contributed by atoms with Crippen LogP contribution in [0.2, 0.25) is 0 Å². The zero-order valence-electron chi connectivity index (χ0n) is 12.3. The quantitative estimate of drug-likeness (QED) is 0.873. The summed E-state index contributed by atoms with van der Waals surface area (Å²) in [5, 5.41) is 3.32. The van der Waals surface area contributed by atoms with Gasteiger partial charge in [0.05, 0.1) is 4.90 Å². The Labute approximate surface area is 122 Å². The van der Waals surface area contributed by atoms with Gasteiger partial charge in [-0.1, -0.05) is 6.07 Å². The summed E-state index contributed by atoms with van der Waals surface area (Å²) < 4.78 is 27.1. The van der Waals surface area contributed by atoms with Crippen LogP contribution in [-0.2, 0) is 10.0 Å². The van der Waals surface area contributed by atoms with Gasteiger partial charge in [-0.25, -0.2) is 13.1 Å². The van der Waals surface area contributed by atoms with Crippen LogP contribution in [0.3, 0.4) is 0 Å². The maximum Gasteiger partial charge on any atom is 0.240 e. The Morgan fingerprint density at radius 2 is 1.90 bits per heavy atom. The molecule has 112 valence electrons. The Kier molecular flexibility index (Phi) is 5.18. The van der Waals surface area contributed by atoms with Gasteiger partial charge < -0.3 is 5.32 Å². The van der Waals surface area contributed by atoms with Crippen molar-refractivity contribution in [2.45, 2.75) is 38.0 Å². The molecule has 0 aromatic heterocycles. The maximum atomic E-state index is 12.2. The lowest BCUT2D eigenvalue weighted by Gasteiger charge is -2.22. The molecule has 1 saturated heterocycles. The van der Waals surface area contributed by atoms with E-state index >= 15 is 0 Å². The molecular weight excluding hydrogens is 272 g/mol. The largest absolute Gasteiger partial charge is 0.317 e. The molecule has 0 bridgehead atoms. The average Bonchev–Trinajstić information content (AvgIpc) is 2.43. The highest BCUT2D eigenvalue weighted by atomic mass is 32.2. The van der Waals surface area contributed by atoms with Crippen LogP contribution >= 0.6 is 0 Å². The molecule has 5 heteroatoms. The van der Waals surface area contributed by atoms with E-state index in [4.69, 9.17) is 0 Å². The van der Waals surface area contributed by atoms with E-state index in [2.05, 4.69) is 10.0 Å². The molecule has 0 unspecified atom stereocenters. The number of hydrogen-bond acceptors (Lipinski definition) is 3. The van der Waals surface area contributed by atoms with Gasteiger partial charge in [0.15, 0.2) is 0 Å². The minimum atomic E-state index is -3.37. The van der Waals surface area contributed by atoms with E-state index < -0.39 is 10.0 Å². The summed E-state index contributed by atoms with van der Waals surface area (Å²) in [6.45, 7) is 6.54. The first-order valence-electron chi connectivity index (χ1n) is 7.27. The van der Waals surface area contributed by atoms with Gasteiger partial charge in [-0.3, -0.25) is 0 Å². The number of piperidine rings is 1. The first-order valence-corrected chi connectivity index (χ1v) is 8.75. The van der Waals surface area contributed by atoms with Gasteiger partial charge >= 0.3 is 0 Å². The molecule has 1 heterocycles. The molecule has 2 rings (SSSR count). The standard InChI is InChI=1S/C15H24N2O2S/c1-12-3-4-15(11-13(12)2)20(18,19)17-10-7-14-5-8-16-9-6-14/h3-4,11,14,16-17H,5-10H2,1-2H3. The van der Waals surface area contributed by atoms with Crippen LogP contribution in [-0.4, -0.2) is 28.1 Å². The van der Waals surface area contributed by atoms with Crippen LogP contribution in [0.4, 0.5) is 0 Å². The molecule has 20 heavy (non-hydrogen) atoms. The van der Waals surface area contributed by atoms with E-state index in [-0.39, 0.29) is 0 Å². The monoisotopic (exact) mass is 296 g/mol. The highest BCUT2D eigenvalue weighted by Crippen LogP contribution is 2.17. The third-order valence-corrected chi connectivity index (χ3v) is 5.55. The number of rotatable bonds is 5. The Morgan fingerprint density at radius 1 is 1.20 bits per heavy atom. The van der Waals surface area contributed by atoms with Crippen LogP contribution in [0.25, 0.3) is 0 Å². The Bertz CT molecular complexity index is 549. The molecule has 0 amide bonds. The first-order chi connectivity index (χ1) is 9.49. The minimum absolute atomic E-state index is 0.367. The van der Waals surface area contributed by atoms with Gasteiger partial charge in [0, 0.05) is 6.54 Å². The molecule has 2 N–H and O–H groups in total. The Morgan fingerprint density at radius 3 is 2.55 bits per heavy atom. The SMILES string of the molecule is Cc1ccc(S(=O)(=O)NCCC2CCNCC2)cc1C. The average molecular weight is 296 g/mol. The van der Waals surface area contributed by atoms with E-state index in [0.717, 1.165) is 43.5 Å². The maximum absolute atomic E-state index is 12.2. The molecule has 1 aromatic carbocycles. The zero-order chi connectivity index (χ0) is 14.6. The Balaban J connectivity index is 1.91. The second kappa shape index (κ2) is 6.70. The molecular formula is C15H24N2O2S. The highest BCUT2D eigenvalue weighted by molar-refractivity contribution is 7.89. The van der Waals surface area contributed by atoms with Crippen LogP contribution in [0.15, 0.2) is 23.1 Å². The van der Waals surface area contributed by atoms with Gasteiger partial charge in [-0.2, -0.15) is 0 Å². The summed E-state index contributed by atoms with van der Waals surface area (Å²) >= 11 is 0. The molecule has 1 aliphatic rings. The summed E-state index contributed by atoms with van der Waals surface area (Å²) in [6, 6.07) is 5.27. The summed E-state index contributed by atoms with van der Waals surface area (Å²) in [7, 11) is -3.37. The second-order valence-corrected chi connectivity index (χ2v) is 7.39. The van der Waals surface area contributed by atoms with Crippen molar-refractivity contribution in [3.63, 3.8) is 0 Å². The summed E-state index contributed by atoms with van der Waals surface area (Å²) in [5.41, 5.74) is 2.12. The smallest absolute Gasteiger partial charge is 0.240 e. The molecule has 1 fully saturated rings. The first kappa shape index (κ1) is 15.5. The number of aryl methyl sites for hydroxylation is 2. The second-order valence-electron chi connectivity index (χ2n) is 5.63. The van der Waals surface area contributed by atoms with Crippen molar-refractivity contribution in [3.05, 3.63) is 29.3 Å². The third-order valence-electron chi connectivity index (χ3n) is 4.09. The van der Waals surface area contributed by atoms with Crippen molar-refractivity contribution < 1.29 is 8.42 Å². The van der Waals surface area contributed by atoms with Crippen LogP contribution in [0.1, 0.15) is 30.4 Å². The van der Waals surface area contributed by atoms with Crippen molar-refractivity contribution >= 4 is 10.0 Å². The third kappa shape index (κ3) is 4.04. The van der Waals surface area contributed by atoms with E-state index in [1.807, 2.05) is 19.9 Å². The van der Waals surface area contributed by atoms with Crippen molar-refractivity contribution in [3.8, 4) is 0 Å². The molecule has 0 atom stereocenters. The lowest BCUT2D eigenvalue weighted by Crippen LogP contribution is -2.31. The summed E-state index contributed by atoms with van der Waals surface area (Å²) in [4.78, 5) is 0.367. The topological polar surface area (TPSA) is 58.2 Å². The molecule has 4 nitrogen and oxygen atoms in total. The fraction of sp³-hybridized carbons (Fsp3) is 0.600. The predicted molar refractivity (Wildman–Crippen MR) is 81.3 cm³/mol. The van der Waals surface area contributed by atoms with E-state index in [9.17, 15) is 8.42 Å². The van der Waals surface area contributed by atoms with Crippen molar-refractivity contribution in [2.24, 2.45) is 5.92 Å². The fourth-order valence-electron chi connectivity index (χ4n) is 2.53. The van der Waals surface area contributed by atoms with Gasteiger partial charge in [-0.05, 0) is 75.4 Å². The van der Waals surface area contributed by atoms with Gasteiger partial charge in [0.25, 0.3) is 0 Å². The minimum Gasteiger partial charge on any atom is -0.317 e.